The number of aromatic nitrogens is 4. The summed E-state index contributed by atoms with van der Waals surface area (Å²) in [5, 5.41) is 4.56. The fourth-order valence-electron chi connectivity index (χ4n) is 5.49. The molecule has 0 bridgehead atoms. The van der Waals surface area contributed by atoms with Crippen LogP contribution >= 0.6 is 0 Å². The van der Waals surface area contributed by atoms with Gasteiger partial charge in [-0.1, -0.05) is 0 Å². The molecule has 1 spiro atoms. The highest BCUT2D eigenvalue weighted by atomic mass is 19.4. The summed E-state index contributed by atoms with van der Waals surface area (Å²) in [6, 6.07) is 4.14. The van der Waals surface area contributed by atoms with Crippen LogP contribution in [-0.2, 0) is 13.1 Å². The van der Waals surface area contributed by atoms with Gasteiger partial charge in [0, 0.05) is 43.4 Å². The summed E-state index contributed by atoms with van der Waals surface area (Å²) in [4.78, 5) is 13.1. The van der Waals surface area contributed by atoms with Gasteiger partial charge in [-0.05, 0) is 44.0 Å². The molecule has 35 heavy (non-hydrogen) atoms. The molecule has 1 atom stereocenters. The summed E-state index contributed by atoms with van der Waals surface area (Å²) in [6.45, 7) is 5.18. The molecule has 1 unspecified atom stereocenters. The molecule has 0 amide bonds. The average Bonchev–Trinajstić information content (AvgIpc) is 3.52. The number of hydrogen-bond acceptors (Lipinski definition) is 7. The Morgan fingerprint density at radius 2 is 1.74 bits per heavy atom. The molecule has 0 saturated carbocycles. The van der Waals surface area contributed by atoms with E-state index in [1.165, 1.54) is 12.5 Å². The van der Waals surface area contributed by atoms with Crippen molar-refractivity contribution in [2.45, 2.75) is 39.0 Å². The first-order chi connectivity index (χ1) is 16.7. The number of alkyl halides is 3. The average molecular weight is 491 g/mol. The molecule has 1 aromatic carbocycles. The lowest BCUT2D eigenvalue weighted by Gasteiger charge is -2.25. The minimum atomic E-state index is -4.34. The van der Waals surface area contributed by atoms with Crippen molar-refractivity contribution in [3.63, 3.8) is 0 Å². The smallest absolute Gasteiger partial charge is 0.408 e. The van der Waals surface area contributed by atoms with E-state index in [0.717, 1.165) is 72.9 Å². The highest BCUT2D eigenvalue weighted by molar-refractivity contribution is 5.86. The van der Waals surface area contributed by atoms with Gasteiger partial charge in [0.1, 0.15) is 30.2 Å². The molecule has 2 fully saturated rings. The van der Waals surface area contributed by atoms with Crippen LogP contribution in [-0.4, -0.2) is 71.2 Å². The van der Waals surface area contributed by atoms with E-state index in [9.17, 15) is 13.2 Å². The summed E-state index contributed by atoms with van der Waals surface area (Å²) in [6.07, 6.45) is 0.512. The lowest BCUT2D eigenvalue weighted by Crippen LogP contribution is -2.31. The van der Waals surface area contributed by atoms with Crippen molar-refractivity contribution < 1.29 is 22.6 Å². The molecule has 2 aliphatic heterocycles. The Bertz CT molecular complexity index is 1200. The maximum absolute atomic E-state index is 12.8. The van der Waals surface area contributed by atoms with E-state index in [1.54, 1.807) is 14.2 Å². The molecule has 4 heterocycles. The molecule has 0 radical (unpaired) electrons. The Morgan fingerprint density at radius 1 is 1.03 bits per heavy atom. The lowest BCUT2D eigenvalue weighted by atomic mass is 9.86. The number of rotatable bonds is 6. The van der Waals surface area contributed by atoms with Gasteiger partial charge in [0.2, 0.25) is 0 Å². The van der Waals surface area contributed by atoms with E-state index in [1.807, 2.05) is 6.92 Å². The third kappa shape index (κ3) is 4.73. The van der Waals surface area contributed by atoms with E-state index >= 15 is 0 Å². The summed E-state index contributed by atoms with van der Waals surface area (Å²) < 4.78 is 50.5. The molecule has 3 aromatic rings. The Balaban J connectivity index is 1.30. The second-order valence-corrected chi connectivity index (χ2v) is 9.63. The van der Waals surface area contributed by atoms with Crippen molar-refractivity contribution in [1.82, 2.24) is 24.6 Å². The Kier molecular flexibility index (Phi) is 5.98. The van der Waals surface area contributed by atoms with Gasteiger partial charge in [-0.15, -0.1) is 0 Å². The van der Waals surface area contributed by atoms with Crippen molar-refractivity contribution in [3.05, 3.63) is 35.8 Å². The minimum absolute atomic E-state index is 0.123. The first-order valence-electron chi connectivity index (χ1n) is 11.6. The van der Waals surface area contributed by atoms with E-state index in [0.29, 0.717) is 11.2 Å². The highest BCUT2D eigenvalue weighted by Crippen LogP contribution is 2.42. The molecular formula is C24H29F3N6O2. The zero-order chi connectivity index (χ0) is 24.8. The zero-order valence-corrected chi connectivity index (χ0v) is 20.1. The summed E-state index contributed by atoms with van der Waals surface area (Å²) in [5.74, 6) is 2.30. The molecule has 0 aliphatic carbocycles. The first kappa shape index (κ1) is 23.7. The van der Waals surface area contributed by atoms with Crippen LogP contribution in [0, 0.1) is 12.3 Å². The first-order valence-corrected chi connectivity index (χ1v) is 11.6. The third-order valence-electron chi connectivity index (χ3n) is 7.16. The summed E-state index contributed by atoms with van der Waals surface area (Å²) in [7, 11) is 3.33. The number of benzene rings is 1. The predicted octanol–water partition coefficient (Wildman–Crippen LogP) is 3.82. The maximum atomic E-state index is 12.8. The Hall–Kier alpha value is -3.08. The Labute approximate surface area is 201 Å². The molecule has 8 nitrogen and oxygen atoms in total. The predicted molar refractivity (Wildman–Crippen MR) is 125 cm³/mol. The van der Waals surface area contributed by atoms with Gasteiger partial charge in [0.15, 0.2) is 5.65 Å². The number of methoxy groups -OCH3 is 2. The topological polar surface area (TPSA) is 68.5 Å². The number of halogens is 3. The monoisotopic (exact) mass is 490 g/mol. The molecule has 2 saturated heterocycles. The molecule has 5 rings (SSSR count). The normalized spacial score (nSPS) is 20.9. The number of nitrogens with zero attached hydrogens (tertiary/aromatic N) is 6. The quantitative estimate of drug-likeness (QED) is 0.521. The standard InChI is InChI=1S/C24H29F3N6O2/c1-16-19(34-2)8-17(9-20(16)35-3)10-31-6-4-23(12-31)5-7-32(13-23)22-18-11-33(14-24(25,26)27)30-21(18)28-15-29-22/h8-9,11,15H,4-7,10,12-14H2,1-3H3. The van der Waals surface area contributed by atoms with Crippen LogP contribution in [0.5, 0.6) is 11.5 Å². The van der Waals surface area contributed by atoms with Crippen LogP contribution in [0.1, 0.15) is 24.0 Å². The lowest BCUT2D eigenvalue weighted by molar-refractivity contribution is -0.142. The van der Waals surface area contributed by atoms with Crippen molar-refractivity contribution in [2.24, 2.45) is 5.41 Å². The van der Waals surface area contributed by atoms with Gasteiger partial charge < -0.3 is 14.4 Å². The van der Waals surface area contributed by atoms with Gasteiger partial charge >= 0.3 is 6.18 Å². The highest BCUT2D eigenvalue weighted by Gasteiger charge is 2.44. The minimum Gasteiger partial charge on any atom is -0.496 e. The second-order valence-electron chi connectivity index (χ2n) is 9.63. The van der Waals surface area contributed by atoms with Gasteiger partial charge in [0.25, 0.3) is 0 Å². The van der Waals surface area contributed by atoms with Crippen LogP contribution in [0.2, 0.25) is 0 Å². The van der Waals surface area contributed by atoms with Crippen LogP contribution in [0.25, 0.3) is 11.0 Å². The van der Waals surface area contributed by atoms with Crippen molar-refractivity contribution in [2.75, 3.05) is 45.3 Å². The Morgan fingerprint density at radius 3 is 2.43 bits per heavy atom. The fourth-order valence-corrected chi connectivity index (χ4v) is 5.49. The second kappa shape index (κ2) is 8.85. The molecular weight excluding hydrogens is 461 g/mol. The number of ether oxygens (including phenoxy) is 2. The molecule has 11 heteroatoms. The number of fused-ring (bicyclic) bond motifs is 1. The fraction of sp³-hybridized carbons (Fsp3) is 0.542. The summed E-state index contributed by atoms with van der Waals surface area (Å²) >= 11 is 0. The number of hydrogen-bond donors (Lipinski definition) is 0. The van der Waals surface area contributed by atoms with Gasteiger partial charge in [0.05, 0.1) is 19.6 Å². The maximum Gasteiger partial charge on any atom is 0.408 e. The van der Waals surface area contributed by atoms with Crippen molar-refractivity contribution >= 4 is 16.9 Å². The van der Waals surface area contributed by atoms with E-state index in [-0.39, 0.29) is 11.1 Å². The van der Waals surface area contributed by atoms with Gasteiger partial charge in [-0.2, -0.15) is 18.3 Å². The largest absolute Gasteiger partial charge is 0.496 e. The van der Waals surface area contributed by atoms with Crippen molar-refractivity contribution in [3.8, 4) is 11.5 Å². The molecule has 0 N–H and O–H groups in total. The SMILES string of the molecule is COc1cc(CN2CCC3(CCN(c4ncnc5nn(CC(F)(F)F)cc45)C3)C2)cc(OC)c1C. The molecule has 2 aliphatic rings. The van der Waals surface area contributed by atoms with E-state index in [2.05, 4.69) is 37.0 Å². The van der Waals surface area contributed by atoms with Crippen LogP contribution in [0.3, 0.4) is 0 Å². The van der Waals surface area contributed by atoms with E-state index in [4.69, 9.17) is 9.47 Å². The number of likely N-dealkylation sites (tertiary alicyclic amines) is 1. The van der Waals surface area contributed by atoms with Gasteiger partial charge in [-0.3, -0.25) is 9.58 Å². The molecule has 188 valence electrons. The van der Waals surface area contributed by atoms with Crippen LogP contribution < -0.4 is 14.4 Å². The van der Waals surface area contributed by atoms with Gasteiger partial charge in [-0.25, -0.2) is 9.97 Å². The third-order valence-corrected chi connectivity index (χ3v) is 7.16. The summed E-state index contributed by atoms with van der Waals surface area (Å²) in [5.41, 5.74) is 2.54. The number of anilines is 1. The zero-order valence-electron chi connectivity index (χ0n) is 20.1. The van der Waals surface area contributed by atoms with Crippen LogP contribution in [0.4, 0.5) is 19.0 Å². The van der Waals surface area contributed by atoms with Crippen molar-refractivity contribution in [1.29, 1.82) is 0 Å². The van der Waals surface area contributed by atoms with Crippen LogP contribution in [0.15, 0.2) is 24.7 Å². The van der Waals surface area contributed by atoms with E-state index < -0.39 is 12.7 Å². The molecule has 2 aromatic heterocycles.